The monoisotopic (exact) mass is 304 g/mol. The molecule has 3 N–H and O–H groups in total. The van der Waals surface area contributed by atoms with Crippen molar-refractivity contribution in [1.82, 2.24) is 5.32 Å². The minimum atomic E-state index is -0.371. The number of hydrogen-bond donors (Lipinski definition) is 2. The van der Waals surface area contributed by atoms with E-state index in [2.05, 4.69) is 5.32 Å². The number of nitrogens with two attached hydrogens (primary N) is 1. The first-order valence-corrected chi connectivity index (χ1v) is 6.10. The van der Waals surface area contributed by atoms with Crippen LogP contribution in [0, 0.1) is 5.82 Å². The van der Waals surface area contributed by atoms with Gasteiger partial charge in [-0.15, -0.1) is 12.4 Å². The van der Waals surface area contributed by atoms with E-state index in [1.807, 2.05) is 0 Å². The quantitative estimate of drug-likeness (QED) is 0.883. The maximum absolute atomic E-state index is 13.4. The van der Waals surface area contributed by atoms with Gasteiger partial charge < -0.3 is 20.5 Å². The topological polar surface area (TPSA) is 73.6 Å². The predicted octanol–water partition coefficient (Wildman–Crippen LogP) is 1.47. The van der Waals surface area contributed by atoms with E-state index in [9.17, 15) is 9.18 Å². The van der Waals surface area contributed by atoms with Gasteiger partial charge in [0.15, 0.2) is 6.79 Å². The lowest BCUT2D eigenvalue weighted by molar-refractivity contribution is -0.121. The summed E-state index contributed by atoms with van der Waals surface area (Å²) in [4.78, 5) is 11.5. The molecular formula is C13H18ClFN2O3. The van der Waals surface area contributed by atoms with Crippen LogP contribution in [0.4, 0.5) is 4.39 Å². The summed E-state index contributed by atoms with van der Waals surface area (Å²) in [5.41, 5.74) is 6.80. The standard InChI is InChI=1S/C13H17FN2O3.ClH/c1-8(15)2-12(17)16-5-9-3-11(14)4-10-6-18-7-19-13(9)10;/h3-4,8H,2,5-7,15H2,1H3,(H,16,17);1H. The van der Waals surface area contributed by atoms with Gasteiger partial charge in [-0.2, -0.15) is 0 Å². The van der Waals surface area contributed by atoms with Gasteiger partial charge in [-0.3, -0.25) is 4.79 Å². The molecular weight excluding hydrogens is 287 g/mol. The summed E-state index contributed by atoms with van der Waals surface area (Å²) >= 11 is 0. The molecule has 1 amide bonds. The SMILES string of the molecule is CC(N)CC(=O)NCc1cc(F)cc2c1OCOC2.Cl. The summed E-state index contributed by atoms with van der Waals surface area (Å²) in [6.45, 7) is 2.42. The maximum Gasteiger partial charge on any atom is 0.221 e. The summed E-state index contributed by atoms with van der Waals surface area (Å²) in [6.07, 6.45) is 0.238. The molecule has 2 rings (SSSR count). The summed E-state index contributed by atoms with van der Waals surface area (Å²) in [5.74, 6) is 0.0538. The van der Waals surface area contributed by atoms with Crippen molar-refractivity contribution in [2.75, 3.05) is 6.79 Å². The molecule has 0 radical (unpaired) electrons. The zero-order chi connectivity index (χ0) is 13.8. The lowest BCUT2D eigenvalue weighted by atomic mass is 10.1. The first kappa shape index (κ1) is 16.7. The molecule has 0 fully saturated rings. The van der Waals surface area contributed by atoms with Crippen molar-refractivity contribution in [3.05, 3.63) is 29.1 Å². The van der Waals surface area contributed by atoms with Gasteiger partial charge in [0.2, 0.25) is 5.91 Å². The first-order valence-electron chi connectivity index (χ1n) is 6.10. The van der Waals surface area contributed by atoms with E-state index in [1.54, 1.807) is 6.92 Å². The third-order valence-electron chi connectivity index (χ3n) is 2.74. The van der Waals surface area contributed by atoms with Gasteiger partial charge in [0.05, 0.1) is 6.61 Å². The van der Waals surface area contributed by atoms with Crippen molar-refractivity contribution >= 4 is 18.3 Å². The third kappa shape index (κ3) is 4.33. The smallest absolute Gasteiger partial charge is 0.221 e. The Kier molecular flexibility index (Phi) is 6.19. The van der Waals surface area contributed by atoms with Crippen LogP contribution in [0.25, 0.3) is 0 Å². The van der Waals surface area contributed by atoms with E-state index in [1.165, 1.54) is 12.1 Å². The van der Waals surface area contributed by atoms with E-state index in [4.69, 9.17) is 15.2 Å². The fraction of sp³-hybridized carbons (Fsp3) is 0.462. The molecule has 0 bridgehead atoms. The van der Waals surface area contributed by atoms with E-state index < -0.39 is 0 Å². The number of rotatable bonds is 4. The summed E-state index contributed by atoms with van der Waals surface area (Å²) in [6, 6.07) is 2.53. The number of halogens is 2. The fourth-order valence-corrected chi connectivity index (χ4v) is 1.95. The van der Waals surface area contributed by atoms with Crippen LogP contribution in [-0.2, 0) is 22.7 Å². The molecule has 1 aromatic rings. The van der Waals surface area contributed by atoms with Crippen molar-refractivity contribution in [2.24, 2.45) is 5.73 Å². The minimum absolute atomic E-state index is 0. The van der Waals surface area contributed by atoms with Gasteiger partial charge in [0.25, 0.3) is 0 Å². The molecule has 0 saturated carbocycles. The van der Waals surface area contributed by atoms with E-state index in [-0.39, 0.29) is 49.9 Å². The summed E-state index contributed by atoms with van der Waals surface area (Å²) < 4.78 is 23.9. The minimum Gasteiger partial charge on any atom is -0.467 e. The van der Waals surface area contributed by atoms with Crippen molar-refractivity contribution in [3.8, 4) is 5.75 Å². The van der Waals surface area contributed by atoms with Gasteiger partial charge in [-0.1, -0.05) is 0 Å². The van der Waals surface area contributed by atoms with Crippen LogP contribution in [-0.4, -0.2) is 18.7 Å². The van der Waals surface area contributed by atoms with Crippen LogP contribution >= 0.6 is 12.4 Å². The Morgan fingerprint density at radius 1 is 1.55 bits per heavy atom. The lowest BCUT2D eigenvalue weighted by Gasteiger charge is -2.21. The number of nitrogens with one attached hydrogen (secondary N) is 1. The highest BCUT2D eigenvalue weighted by atomic mass is 35.5. The molecule has 1 heterocycles. The van der Waals surface area contributed by atoms with Crippen LogP contribution < -0.4 is 15.8 Å². The van der Waals surface area contributed by atoms with Crippen molar-refractivity contribution < 1.29 is 18.7 Å². The molecule has 5 nitrogen and oxygen atoms in total. The van der Waals surface area contributed by atoms with E-state index >= 15 is 0 Å². The fourth-order valence-electron chi connectivity index (χ4n) is 1.95. The normalized spacial score (nSPS) is 14.6. The summed E-state index contributed by atoms with van der Waals surface area (Å²) in [7, 11) is 0. The lowest BCUT2D eigenvalue weighted by Crippen LogP contribution is -2.30. The molecule has 1 atom stereocenters. The second kappa shape index (κ2) is 7.42. The van der Waals surface area contributed by atoms with Gasteiger partial charge in [0.1, 0.15) is 11.6 Å². The van der Waals surface area contributed by atoms with E-state index in [0.29, 0.717) is 23.5 Å². The van der Waals surface area contributed by atoms with Crippen LogP contribution in [0.15, 0.2) is 12.1 Å². The van der Waals surface area contributed by atoms with Crippen LogP contribution in [0.3, 0.4) is 0 Å². The highest BCUT2D eigenvalue weighted by Gasteiger charge is 2.17. The molecule has 1 aliphatic heterocycles. The molecule has 112 valence electrons. The third-order valence-corrected chi connectivity index (χ3v) is 2.74. The van der Waals surface area contributed by atoms with Crippen molar-refractivity contribution in [1.29, 1.82) is 0 Å². The average Bonchev–Trinajstić information content (AvgIpc) is 2.35. The van der Waals surface area contributed by atoms with Crippen LogP contribution in [0.5, 0.6) is 5.75 Å². The Bertz CT molecular complexity index is 483. The van der Waals surface area contributed by atoms with Crippen LogP contribution in [0.1, 0.15) is 24.5 Å². The molecule has 20 heavy (non-hydrogen) atoms. The predicted molar refractivity (Wildman–Crippen MR) is 74.0 cm³/mol. The van der Waals surface area contributed by atoms with Crippen molar-refractivity contribution in [3.63, 3.8) is 0 Å². The van der Waals surface area contributed by atoms with E-state index in [0.717, 1.165) is 0 Å². The number of amides is 1. The first-order chi connectivity index (χ1) is 9.06. The molecule has 7 heteroatoms. The molecule has 0 saturated heterocycles. The molecule has 0 spiro atoms. The highest BCUT2D eigenvalue weighted by Crippen LogP contribution is 2.29. The van der Waals surface area contributed by atoms with Gasteiger partial charge >= 0.3 is 0 Å². The Morgan fingerprint density at radius 3 is 3.00 bits per heavy atom. The largest absolute Gasteiger partial charge is 0.467 e. The Morgan fingerprint density at radius 2 is 2.30 bits per heavy atom. The zero-order valence-electron chi connectivity index (χ0n) is 11.1. The highest BCUT2D eigenvalue weighted by molar-refractivity contribution is 5.85. The molecule has 0 aromatic heterocycles. The number of fused-ring (bicyclic) bond motifs is 1. The Hall–Kier alpha value is -1.37. The number of carbonyl (C=O) groups is 1. The molecule has 0 aliphatic carbocycles. The van der Waals surface area contributed by atoms with Crippen molar-refractivity contribution in [2.45, 2.75) is 32.5 Å². The van der Waals surface area contributed by atoms with Crippen LogP contribution in [0.2, 0.25) is 0 Å². The molecule has 1 unspecified atom stereocenters. The maximum atomic E-state index is 13.4. The molecule has 1 aromatic carbocycles. The molecule has 1 aliphatic rings. The number of benzene rings is 1. The Balaban J connectivity index is 0.00000200. The number of carbonyl (C=O) groups excluding carboxylic acids is 1. The second-order valence-corrected chi connectivity index (χ2v) is 4.62. The number of ether oxygens (including phenoxy) is 2. The zero-order valence-corrected chi connectivity index (χ0v) is 12.0. The Labute approximate surface area is 123 Å². The van der Waals surface area contributed by atoms with Gasteiger partial charge in [0, 0.05) is 30.1 Å². The van der Waals surface area contributed by atoms with Gasteiger partial charge in [-0.05, 0) is 19.1 Å². The second-order valence-electron chi connectivity index (χ2n) is 4.62. The summed E-state index contributed by atoms with van der Waals surface area (Å²) in [5, 5.41) is 2.70. The average molecular weight is 305 g/mol. The number of hydrogen-bond acceptors (Lipinski definition) is 4. The van der Waals surface area contributed by atoms with Gasteiger partial charge in [-0.25, -0.2) is 4.39 Å².